The second kappa shape index (κ2) is 4.67. The highest BCUT2D eigenvalue weighted by Crippen LogP contribution is 2.22. The summed E-state index contributed by atoms with van der Waals surface area (Å²) in [5.41, 5.74) is 6.88. The second-order valence-corrected chi connectivity index (χ2v) is 4.03. The zero-order valence-electron chi connectivity index (χ0n) is 7.76. The van der Waals surface area contributed by atoms with E-state index < -0.39 is 11.3 Å². The quantitative estimate of drug-likeness (QED) is 0.798. The fourth-order valence-corrected chi connectivity index (χ4v) is 1.53. The molecule has 0 bridgehead atoms. The average Bonchev–Trinajstić information content (AvgIpc) is 2.12. The summed E-state index contributed by atoms with van der Waals surface area (Å²) in [5.74, 6) is -0.524. The summed E-state index contributed by atoms with van der Waals surface area (Å²) < 4.78 is 0. The molecule has 0 spiro atoms. The van der Waals surface area contributed by atoms with Crippen molar-refractivity contribution in [2.75, 3.05) is 0 Å². The number of nitrogens with two attached hydrogens (primary N) is 1. The lowest BCUT2D eigenvalue weighted by Crippen LogP contribution is -2.25. The van der Waals surface area contributed by atoms with Gasteiger partial charge >= 0.3 is 0 Å². The number of aryl methyl sites for hydroxylation is 1. The van der Waals surface area contributed by atoms with Gasteiger partial charge in [-0.1, -0.05) is 29.8 Å². The smallest absolute Gasteiger partial charge is 0.235 e. The van der Waals surface area contributed by atoms with Gasteiger partial charge in [-0.3, -0.25) is 4.79 Å². The van der Waals surface area contributed by atoms with Crippen molar-refractivity contribution >= 4 is 29.1 Å². The number of halogens is 2. The number of hydrogen-bond acceptors (Lipinski definition) is 1. The molecule has 1 amide bonds. The molecule has 0 aliphatic heterocycles. The number of amides is 1. The molecule has 0 saturated carbocycles. The third kappa shape index (κ3) is 2.63. The van der Waals surface area contributed by atoms with Crippen LogP contribution < -0.4 is 5.73 Å². The summed E-state index contributed by atoms with van der Waals surface area (Å²) in [4.78, 5) is 10.7. The summed E-state index contributed by atoms with van der Waals surface area (Å²) >= 11 is 11.8. The molecule has 0 aliphatic rings. The van der Waals surface area contributed by atoms with E-state index in [1.165, 1.54) is 0 Å². The van der Waals surface area contributed by atoms with Crippen molar-refractivity contribution < 1.29 is 4.79 Å². The van der Waals surface area contributed by atoms with Crippen molar-refractivity contribution in [3.05, 3.63) is 34.3 Å². The highest BCUT2D eigenvalue weighted by atomic mass is 35.5. The first-order valence-electron chi connectivity index (χ1n) is 4.19. The maximum absolute atomic E-state index is 10.7. The maximum atomic E-state index is 10.7. The van der Waals surface area contributed by atoms with Crippen LogP contribution in [0, 0.1) is 6.92 Å². The Morgan fingerprint density at radius 1 is 1.57 bits per heavy atom. The molecule has 0 fully saturated rings. The summed E-state index contributed by atoms with van der Waals surface area (Å²) in [5, 5.41) is -0.0475. The number of alkyl halides is 1. The highest BCUT2D eigenvalue weighted by Gasteiger charge is 2.14. The molecule has 1 aromatic rings. The topological polar surface area (TPSA) is 43.1 Å². The number of hydrogen-bond donors (Lipinski definition) is 1. The normalized spacial score (nSPS) is 12.5. The van der Waals surface area contributed by atoms with Crippen molar-refractivity contribution in [3.63, 3.8) is 0 Å². The Labute approximate surface area is 93.0 Å². The van der Waals surface area contributed by atoms with E-state index in [-0.39, 0.29) is 0 Å². The predicted octanol–water partition coefficient (Wildman–Crippen LogP) is 2.28. The van der Waals surface area contributed by atoms with Crippen LogP contribution in [0.3, 0.4) is 0 Å². The number of benzene rings is 1. The molecule has 1 atom stereocenters. The molecule has 0 saturated heterocycles. The van der Waals surface area contributed by atoms with Gasteiger partial charge in [-0.05, 0) is 24.5 Å². The van der Waals surface area contributed by atoms with Crippen molar-refractivity contribution in [2.45, 2.75) is 18.7 Å². The first-order chi connectivity index (χ1) is 6.52. The first kappa shape index (κ1) is 11.3. The lowest BCUT2D eigenvalue weighted by molar-refractivity contribution is -0.117. The fourth-order valence-electron chi connectivity index (χ4n) is 1.16. The van der Waals surface area contributed by atoms with Crippen LogP contribution in [0.15, 0.2) is 18.2 Å². The van der Waals surface area contributed by atoms with E-state index in [1.807, 2.05) is 25.1 Å². The first-order valence-corrected chi connectivity index (χ1v) is 5.01. The minimum Gasteiger partial charge on any atom is -0.368 e. The van der Waals surface area contributed by atoms with E-state index in [0.717, 1.165) is 11.1 Å². The number of rotatable bonds is 3. The standard InChI is InChI=1S/C10H11Cl2NO/c1-6-3-2-4-7(9(6)12)5-8(11)10(13)14/h2-4,8H,5H2,1H3,(H2,13,14). The van der Waals surface area contributed by atoms with Crippen LogP contribution in [-0.2, 0) is 11.2 Å². The van der Waals surface area contributed by atoms with E-state index >= 15 is 0 Å². The monoisotopic (exact) mass is 231 g/mol. The van der Waals surface area contributed by atoms with E-state index in [9.17, 15) is 4.79 Å². The molecule has 2 N–H and O–H groups in total. The van der Waals surface area contributed by atoms with Crippen LogP contribution in [0.4, 0.5) is 0 Å². The number of primary amides is 1. The molecule has 1 aromatic carbocycles. The molecule has 2 nitrogen and oxygen atoms in total. The van der Waals surface area contributed by atoms with Crippen molar-refractivity contribution in [1.82, 2.24) is 0 Å². The van der Waals surface area contributed by atoms with Crippen LogP contribution in [0.2, 0.25) is 5.02 Å². The van der Waals surface area contributed by atoms with E-state index in [1.54, 1.807) is 0 Å². The van der Waals surface area contributed by atoms with E-state index in [4.69, 9.17) is 28.9 Å². The van der Waals surface area contributed by atoms with Crippen LogP contribution in [0.1, 0.15) is 11.1 Å². The van der Waals surface area contributed by atoms with Crippen molar-refractivity contribution in [2.24, 2.45) is 5.73 Å². The SMILES string of the molecule is Cc1cccc(CC(Cl)C(N)=O)c1Cl. The number of carbonyl (C=O) groups excluding carboxylic acids is 1. The van der Waals surface area contributed by atoms with Crippen LogP contribution >= 0.6 is 23.2 Å². The van der Waals surface area contributed by atoms with Crippen LogP contribution in [0.25, 0.3) is 0 Å². The van der Waals surface area contributed by atoms with Crippen molar-refractivity contribution in [1.29, 1.82) is 0 Å². The van der Waals surface area contributed by atoms with Gasteiger partial charge in [0.15, 0.2) is 0 Å². The summed E-state index contributed by atoms with van der Waals surface area (Å²) in [6.07, 6.45) is 0.372. The number of carbonyl (C=O) groups is 1. The molecule has 1 rings (SSSR count). The maximum Gasteiger partial charge on any atom is 0.235 e. The molecule has 0 radical (unpaired) electrons. The lowest BCUT2D eigenvalue weighted by Gasteiger charge is -2.08. The summed E-state index contributed by atoms with van der Waals surface area (Å²) in [6, 6.07) is 5.62. The molecular formula is C10H11Cl2NO. The molecule has 4 heteroatoms. The fraction of sp³-hybridized carbons (Fsp3) is 0.300. The lowest BCUT2D eigenvalue weighted by atomic mass is 10.1. The van der Waals surface area contributed by atoms with Crippen molar-refractivity contribution in [3.8, 4) is 0 Å². The largest absolute Gasteiger partial charge is 0.368 e. The highest BCUT2D eigenvalue weighted by molar-refractivity contribution is 6.33. The Bertz CT molecular complexity index is 352. The van der Waals surface area contributed by atoms with E-state index in [2.05, 4.69) is 0 Å². The summed E-state index contributed by atoms with van der Waals surface area (Å²) in [6.45, 7) is 1.90. The van der Waals surface area contributed by atoms with Gasteiger partial charge in [-0.15, -0.1) is 11.6 Å². The molecular weight excluding hydrogens is 221 g/mol. The van der Waals surface area contributed by atoms with Gasteiger partial charge in [0.2, 0.25) is 5.91 Å². The average molecular weight is 232 g/mol. The molecule has 0 heterocycles. The van der Waals surface area contributed by atoms with Gasteiger partial charge < -0.3 is 5.73 Å². The van der Waals surface area contributed by atoms with Crippen LogP contribution in [0.5, 0.6) is 0 Å². The van der Waals surface area contributed by atoms with Gasteiger partial charge in [0.05, 0.1) is 0 Å². The van der Waals surface area contributed by atoms with Gasteiger partial charge in [0.25, 0.3) is 0 Å². The minimum atomic E-state index is -0.700. The third-order valence-electron chi connectivity index (χ3n) is 1.98. The molecule has 0 aliphatic carbocycles. The summed E-state index contributed by atoms with van der Waals surface area (Å²) in [7, 11) is 0. The molecule has 14 heavy (non-hydrogen) atoms. The van der Waals surface area contributed by atoms with Gasteiger partial charge in [0, 0.05) is 5.02 Å². The van der Waals surface area contributed by atoms with Gasteiger partial charge in [-0.2, -0.15) is 0 Å². The molecule has 1 unspecified atom stereocenters. The second-order valence-electron chi connectivity index (χ2n) is 3.12. The Kier molecular flexibility index (Phi) is 3.78. The zero-order chi connectivity index (χ0) is 10.7. The third-order valence-corrected chi connectivity index (χ3v) is 2.89. The predicted molar refractivity (Wildman–Crippen MR) is 58.7 cm³/mol. The Morgan fingerprint density at radius 2 is 2.21 bits per heavy atom. The van der Waals surface area contributed by atoms with Gasteiger partial charge in [0.1, 0.15) is 5.38 Å². The Morgan fingerprint density at radius 3 is 2.79 bits per heavy atom. The van der Waals surface area contributed by atoms with Crippen LogP contribution in [-0.4, -0.2) is 11.3 Å². The van der Waals surface area contributed by atoms with Gasteiger partial charge in [-0.25, -0.2) is 0 Å². The van der Waals surface area contributed by atoms with E-state index in [0.29, 0.717) is 11.4 Å². The Balaban J connectivity index is 2.87. The minimum absolute atomic E-state index is 0.372. The molecule has 0 aromatic heterocycles. The Hall–Kier alpha value is -0.730. The molecule has 76 valence electrons. The zero-order valence-corrected chi connectivity index (χ0v) is 9.27.